The Balaban J connectivity index is 1.72. The Bertz CT molecular complexity index is 726. The van der Waals surface area contributed by atoms with Crippen molar-refractivity contribution in [1.82, 2.24) is 15.1 Å². The predicted octanol–water partition coefficient (Wildman–Crippen LogP) is 1.43. The lowest BCUT2D eigenvalue weighted by atomic mass is 9.88. The molecule has 2 aliphatic heterocycles. The Morgan fingerprint density at radius 1 is 1.07 bits per heavy atom. The van der Waals surface area contributed by atoms with Crippen molar-refractivity contribution in [2.75, 3.05) is 39.4 Å². The summed E-state index contributed by atoms with van der Waals surface area (Å²) >= 11 is 0. The molecule has 0 unspecified atom stereocenters. The van der Waals surface area contributed by atoms with E-state index in [0.717, 1.165) is 0 Å². The summed E-state index contributed by atoms with van der Waals surface area (Å²) in [4.78, 5) is 41.4. The second-order valence-electron chi connectivity index (χ2n) is 7.47. The number of hydrogen-bond donors (Lipinski definition) is 1. The van der Waals surface area contributed by atoms with Crippen LogP contribution in [-0.4, -0.2) is 73.0 Å². The van der Waals surface area contributed by atoms with Crippen LogP contribution in [-0.2, 0) is 14.3 Å². The van der Waals surface area contributed by atoms with Crippen LogP contribution in [0.4, 0.5) is 4.39 Å². The van der Waals surface area contributed by atoms with Crippen LogP contribution in [0.5, 0.6) is 0 Å². The van der Waals surface area contributed by atoms with Gasteiger partial charge in [-0.1, -0.05) is 6.92 Å². The maximum absolute atomic E-state index is 13.2. The molecule has 3 rings (SSSR count). The van der Waals surface area contributed by atoms with E-state index in [4.69, 9.17) is 4.74 Å². The molecule has 2 heterocycles. The van der Waals surface area contributed by atoms with Gasteiger partial charge in [0, 0.05) is 38.2 Å². The molecule has 0 aromatic heterocycles. The second-order valence-corrected chi connectivity index (χ2v) is 7.47. The summed E-state index contributed by atoms with van der Waals surface area (Å²) < 4.78 is 18.5. The van der Waals surface area contributed by atoms with E-state index < -0.39 is 17.8 Å². The first-order chi connectivity index (χ1) is 14.0. The zero-order valence-corrected chi connectivity index (χ0v) is 16.7. The standard InChI is InChI=1S/C21H28FN3O4/c1-2-18(26)24-9-7-15(8-10-24)19(21(28)25-11-13-29-14-12-25)23-20(27)16-3-5-17(22)6-4-16/h3-6,15,19H,2,7-14H2,1H3,(H,23,27)/t19-/m0/s1. The fourth-order valence-corrected chi connectivity index (χ4v) is 3.89. The smallest absolute Gasteiger partial charge is 0.251 e. The van der Waals surface area contributed by atoms with Gasteiger partial charge in [0.05, 0.1) is 13.2 Å². The fraction of sp³-hybridized carbons (Fsp3) is 0.571. The van der Waals surface area contributed by atoms with Gasteiger partial charge in [-0.05, 0) is 43.0 Å². The van der Waals surface area contributed by atoms with Crippen LogP contribution in [0.2, 0.25) is 0 Å². The van der Waals surface area contributed by atoms with Gasteiger partial charge in [-0.25, -0.2) is 4.39 Å². The molecule has 1 aromatic rings. The van der Waals surface area contributed by atoms with Gasteiger partial charge in [0.2, 0.25) is 11.8 Å². The van der Waals surface area contributed by atoms with Crippen LogP contribution in [0.15, 0.2) is 24.3 Å². The van der Waals surface area contributed by atoms with Crippen molar-refractivity contribution >= 4 is 17.7 Å². The van der Waals surface area contributed by atoms with Crippen LogP contribution < -0.4 is 5.32 Å². The number of morpholine rings is 1. The number of likely N-dealkylation sites (tertiary alicyclic amines) is 1. The highest BCUT2D eigenvalue weighted by atomic mass is 19.1. The number of hydrogen-bond acceptors (Lipinski definition) is 4. The molecule has 1 N–H and O–H groups in total. The van der Waals surface area contributed by atoms with E-state index in [9.17, 15) is 18.8 Å². The van der Waals surface area contributed by atoms with Gasteiger partial charge < -0.3 is 19.9 Å². The van der Waals surface area contributed by atoms with E-state index in [0.29, 0.717) is 64.2 Å². The highest BCUT2D eigenvalue weighted by Gasteiger charge is 2.36. The van der Waals surface area contributed by atoms with E-state index in [1.165, 1.54) is 24.3 Å². The van der Waals surface area contributed by atoms with Gasteiger partial charge >= 0.3 is 0 Å². The molecule has 0 saturated carbocycles. The Hall–Kier alpha value is -2.48. The summed E-state index contributed by atoms with van der Waals surface area (Å²) in [5.74, 6) is -0.895. The van der Waals surface area contributed by atoms with Crippen LogP contribution in [0.25, 0.3) is 0 Å². The topological polar surface area (TPSA) is 79.0 Å². The average Bonchev–Trinajstić information content (AvgIpc) is 2.77. The Labute approximate surface area is 170 Å². The predicted molar refractivity (Wildman–Crippen MR) is 105 cm³/mol. The lowest BCUT2D eigenvalue weighted by molar-refractivity contribution is -0.139. The molecule has 0 aliphatic carbocycles. The van der Waals surface area contributed by atoms with Gasteiger partial charge in [-0.2, -0.15) is 0 Å². The summed E-state index contributed by atoms with van der Waals surface area (Å²) in [6.07, 6.45) is 1.76. The third kappa shape index (κ3) is 5.32. The first-order valence-corrected chi connectivity index (χ1v) is 10.2. The molecule has 158 valence electrons. The van der Waals surface area contributed by atoms with Gasteiger partial charge in [-0.15, -0.1) is 0 Å². The fourth-order valence-electron chi connectivity index (χ4n) is 3.89. The number of ether oxygens (including phenoxy) is 1. The molecule has 29 heavy (non-hydrogen) atoms. The average molecular weight is 405 g/mol. The van der Waals surface area contributed by atoms with E-state index in [-0.39, 0.29) is 17.7 Å². The molecule has 1 atom stereocenters. The number of piperidine rings is 1. The first-order valence-electron chi connectivity index (χ1n) is 10.2. The molecule has 2 aliphatic rings. The van der Waals surface area contributed by atoms with Crippen molar-refractivity contribution < 1.29 is 23.5 Å². The first kappa shape index (κ1) is 21.2. The summed E-state index contributed by atoms with van der Waals surface area (Å²) in [6, 6.07) is 4.59. The second kappa shape index (κ2) is 9.82. The number of nitrogens with zero attached hydrogens (tertiary/aromatic N) is 2. The minimum Gasteiger partial charge on any atom is -0.378 e. The molecule has 3 amide bonds. The highest BCUT2D eigenvalue weighted by molar-refractivity contribution is 5.97. The van der Waals surface area contributed by atoms with Crippen molar-refractivity contribution in [2.45, 2.75) is 32.2 Å². The Morgan fingerprint density at radius 2 is 1.69 bits per heavy atom. The van der Waals surface area contributed by atoms with Crippen molar-refractivity contribution in [1.29, 1.82) is 0 Å². The number of amides is 3. The molecular weight excluding hydrogens is 377 g/mol. The number of nitrogens with one attached hydrogen (secondary N) is 1. The third-order valence-electron chi connectivity index (χ3n) is 5.65. The monoisotopic (exact) mass is 405 g/mol. The van der Waals surface area contributed by atoms with E-state index >= 15 is 0 Å². The van der Waals surface area contributed by atoms with Crippen LogP contribution in [0, 0.1) is 11.7 Å². The number of carbonyl (C=O) groups excluding carboxylic acids is 3. The zero-order chi connectivity index (χ0) is 20.8. The number of benzene rings is 1. The number of halogens is 1. The summed E-state index contributed by atoms with van der Waals surface area (Å²) in [5, 5.41) is 2.88. The quantitative estimate of drug-likeness (QED) is 0.804. The molecule has 0 bridgehead atoms. The van der Waals surface area contributed by atoms with Crippen LogP contribution >= 0.6 is 0 Å². The minimum absolute atomic E-state index is 0.0596. The highest BCUT2D eigenvalue weighted by Crippen LogP contribution is 2.23. The van der Waals surface area contributed by atoms with Crippen LogP contribution in [0.1, 0.15) is 36.5 Å². The SMILES string of the molecule is CCC(=O)N1CCC([C@H](NC(=O)c2ccc(F)cc2)C(=O)N2CCOCC2)CC1. The van der Waals surface area contributed by atoms with Crippen molar-refractivity contribution in [3.05, 3.63) is 35.6 Å². The molecule has 2 fully saturated rings. The Morgan fingerprint density at radius 3 is 2.28 bits per heavy atom. The van der Waals surface area contributed by atoms with E-state index in [2.05, 4.69) is 5.32 Å². The number of carbonyl (C=O) groups is 3. The molecule has 0 radical (unpaired) electrons. The van der Waals surface area contributed by atoms with Gasteiger partial charge in [-0.3, -0.25) is 14.4 Å². The molecule has 0 spiro atoms. The van der Waals surface area contributed by atoms with Crippen molar-refractivity contribution in [2.24, 2.45) is 5.92 Å². The minimum atomic E-state index is -0.676. The summed E-state index contributed by atoms with van der Waals surface area (Å²) in [7, 11) is 0. The summed E-state index contributed by atoms with van der Waals surface area (Å²) in [5.41, 5.74) is 0.310. The lowest BCUT2D eigenvalue weighted by Crippen LogP contribution is -2.56. The normalized spacial score (nSPS) is 19.0. The largest absolute Gasteiger partial charge is 0.378 e. The number of rotatable bonds is 5. The van der Waals surface area contributed by atoms with Gasteiger partial charge in [0.15, 0.2) is 0 Å². The molecule has 1 aromatic carbocycles. The molecular formula is C21H28FN3O4. The Kier molecular flexibility index (Phi) is 7.19. The molecule has 7 nitrogen and oxygen atoms in total. The molecule has 8 heteroatoms. The van der Waals surface area contributed by atoms with Crippen LogP contribution in [0.3, 0.4) is 0 Å². The van der Waals surface area contributed by atoms with Gasteiger partial charge in [0.25, 0.3) is 5.91 Å². The molecule has 2 saturated heterocycles. The van der Waals surface area contributed by atoms with Crippen molar-refractivity contribution in [3.8, 4) is 0 Å². The van der Waals surface area contributed by atoms with E-state index in [1.54, 1.807) is 4.90 Å². The lowest BCUT2D eigenvalue weighted by Gasteiger charge is -2.38. The maximum atomic E-state index is 13.2. The maximum Gasteiger partial charge on any atom is 0.251 e. The van der Waals surface area contributed by atoms with E-state index in [1.807, 2.05) is 11.8 Å². The van der Waals surface area contributed by atoms with Crippen molar-refractivity contribution in [3.63, 3.8) is 0 Å². The van der Waals surface area contributed by atoms with Gasteiger partial charge in [0.1, 0.15) is 11.9 Å². The summed E-state index contributed by atoms with van der Waals surface area (Å²) in [6.45, 7) is 4.95. The third-order valence-corrected chi connectivity index (χ3v) is 5.65. The zero-order valence-electron chi connectivity index (χ0n) is 16.7.